The Morgan fingerprint density at radius 1 is 0.349 bits per heavy atom. The Morgan fingerprint density at radius 2 is 0.640 bits per heavy atom. The van der Waals surface area contributed by atoms with Crippen LogP contribution in [-0.4, -0.2) is 19.9 Å². The average molecular weight is 1120 g/mol. The molecule has 2 aliphatic rings. The molecule has 6 heteroatoms. The maximum atomic E-state index is 6.03. The molecule has 0 saturated heterocycles. The molecular weight excluding hydrogens is 1040 g/mol. The average Bonchev–Trinajstić information content (AvgIpc) is 0.726. The Labute approximate surface area is 507 Å². The van der Waals surface area contributed by atoms with Gasteiger partial charge >= 0.3 is 0 Å². The highest BCUT2D eigenvalue weighted by molar-refractivity contribution is 6.21. The first-order chi connectivity index (χ1) is 42.5. The highest BCUT2D eigenvalue weighted by Gasteiger charge is 2.48. The van der Waals surface area contributed by atoms with Gasteiger partial charge in [-0.15, -0.1) is 0 Å². The van der Waals surface area contributed by atoms with Crippen molar-refractivity contribution in [2.24, 2.45) is 11.8 Å². The first-order valence-electron chi connectivity index (χ1n) is 31.6. The summed E-state index contributed by atoms with van der Waals surface area (Å²) >= 11 is 0. The van der Waals surface area contributed by atoms with Gasteiger partial charge in [0.1, 0.15) is 0 Å². The summed E-state index contributed by atoms with van der Waals surface area (Å²) < 4.78 is 0. The molecule has 0 N–H and O–H groups in total. The molecule has 9 aromatic carbocycles. The van der Waals surface area contributed by atoms with Gasteiger partial charge < -0.3 is 9.80 Å². The van der Waals surface area contributed by atoms with Gasteiger partial charge in [0.15, 0.2) is 0 Å². The van der Waals surface area contributed by atoms with E-state index in [-0.39, 0.29) is 0 Å². The fourth-order valence-corrected chi connectivity index (χ4v) is 14.9. The first-order valence-corrected chi connectivity index (χ1v) is 31.6. The van der Waals surface area contributed by atoms with Crippen LogP contribution >= 0.6 is 0 Å². The van der Waals surface area contributed by atoms with E-state index in [2.05, 4.69) is 280 Å². The van der Waals surface area contributed by atoms with Gasteiger partial charge in [-0.25, -0.2) is 9.97 Å². The molecule has 0 aliphatic carbocycles. The zero-order valence-corrected chi connectivity index (χ0v) is 50.0. The van der Waals surface area contributed by atoms with Crippen LogP contribution in [0.3, 0.4) is 0 Å². The van der Waals surface area contributed by atoms with E-state index in [9.17, 15) is 0 Å². The van der Waals surface area contributed by atoms with E-state index in [1.54, 1.807) is 0 Å². The summed E-state index contributed by atoms with van der Waals surface area (Å²) in [6.07, 6.45) is 15.2. The second-order valence-electron chi connectivity index (χ2n) is 23.9. The van der Waals surface area contributed by atoms with Crippen molar-refractivity contribution < 1.29 is 0 Å². The number of nitrogens with zero attached hydrogens (tertiary/aromatic N) is 6. The molecule has 12 aromatic rings. The number of benzene rings is 9. The third-order valence-corrected chi connectivity index (χ3v) is 19.1. The topological polar surface area (TPSA) is 58.0 Å². The van der Waals surface area contributed by atoms with E-state index in [0.717, 1.165) is 104 Å². The van der Waals surface area contributed by atoms with Crippen LogP contribution in [0, 0.1) is 11.8 Å². The van der Waals surface area contributed by atoms with E-state index in [0.29, 0.717) is 11.8 Å². The SMILES string of the molecule is CCCCC(CC)Cc1nc2c3cc(N4c5ccccc5C(c5ccccc5)(c5ccccc5)c5ccccc54)cnc3c3ncc(N4c5ccccc5C(c5ccccc5)(c5ccccc5)c5ccccc54)cc3c2nc1CC(CC)CCCC. The second-order valence-corrected chi connectivity index (χ2v) is 23.9. The monoisotopic (exact) mass is 1120 g/mol. The number of hydrogen-bond donors (Lipinski definition) is 0. The third kappa shape index (κ3) is 8.98. The number of fused-ring (bicyclic) bond motifs is 10. The maximum absolute atomic E-state index is 6.03. The molecule has 424 valence electrons. The predicted molar refractivity (Wildman–Crippen MR) is 357 cm³/mol. The van der Waals surface area contributed by atoms with Gasteiger partial charge in [-0.2, -0.15) is 0 Å². The summed E-state index contributed by atoms with van der Waals surface area (Å²) in [5.74, 6) is 0.998. The Kier molecular flexibility index (Phi) is 14.8. The molecule has 86 heavy (non-hydrogen) atoms. The van der Waals surface area contributed by atoms with Crippen molar-refractivity contribution in [3.05, 3.63) is 299 Å². The molecule has 0 saturated carbocycles. The van der Waals surface area contributed by atoms with E-state index < -0.39 is 10.8 Å². The second kappa shape index (κ2) is 23.3. The lowest BCUT2D eigenvalue weighted by atomic mass is 9.62. The summed E-state index contributed by atoms with van der Waals surface area (Å²) in [5.41, 5.74) is 20.5. The lowest BCUT2D eigenvalue weighted by Gasteiger charge is -2.46. The van der Waals surface area contributed by atoms with Crippen molar-refractivity contribution in [2.75, 3.05) is 9.80 Å². The van der Waals surface area contributed by atoms with Crippen LogP contribution in [0.2, 0.25) is 0 Å². The van der Waals surface area contributed by atoms with E-state index in [1.807, 2.05) is 0 Å². The minimum atomic E-state index is -0.598. The smallest absolute Gasteiger partial charge is 0.0992 e. The molecule has 14 rings (SSSR count). The Bertz CT molecular complexity index is 3930. The molecule has 5 heterocycles. The van der Waals surface area contributed by atoms with E-state index in [1.165, 1.54) is 83.0 Å². The van der Waals surface area contributed by atoms with Crippen molar-refractivity contribution in [1.82, 2.24) is 19.9 Å². The third-order valence-electron chi connectivity index (χ3n) is 19.1. The molecule has 2 atom stereocenters. The zero-order valence-electron chi connectivity index (χ0n) is 50.0. The van der Waals surface area contributed by atoms with Crippen molar-refractivity contribution in [2.45, 2.75) is 103 Å². The minimum Gasteiger partial charge on any atom is -0.308 e. The summed E-state index contributed by atoms with van der Waals surface area (Å²) in [6, 6.07) is 84.7. The molecule has 0 fully saturated rings. The van der Waals surface area contributed by atoms with Crippen molar-refractivity contribution in [3.63, 3.8) is 0 Å². The highest BCUT2D eigenvalue weighted by Crippen LogP contribution is 2.60. The van der Waals surface area contributed by atoms with E-state index >= 15 is 0 Å². The summed E-state index contributed by atoms with van der Waals surface area (Å²) in [7, 11) is 0. The Morgan fingerprint density at radius 3 is 0.930 bits per heavy atom. The van der Waals surface area contributed by atoms with Crippen LogP contribution in [-0.2, 0) is 23.7 Å². The van der Waals surface area contributed by atoms with Gasteiger partial charge in [-0.1, -0.05) is 273 Å². The number of rotatable bonds is 18. The number of unbranched alkanes of at least 4 members (excludes halogenated alkanes) is 2. The first kappa shape index (κ1) is 54.7. The van der Waals surface area contributed by atoms with Gasteiger partial charge in [-0.3, -0.25) is 9.97 Å². The molecular formula is C80H74N6. The van der Waals surface area contributed by atoms with Crippen LogP contribution in [0.4, 0.5) is 34.1 Å². The summed E-state index contributed by atoms with van der Waals surface area (Å²) in [5, 5.41) is 1.90. The van der Waals surface area contributed by atoms with E-state index in [4.69, 9.17) is 19.9 Å². The molecule has 0 radical (unpaired) electrons. The Hall–Kier alpha value is -9.26. The lowest BCUT2D eigenvalue weighted by Crippen LogP contribution is -2.37. The molecule has 3 aromatic heterocycles. The number of hydrogen-bond acceptors (Lipinski definition) is 6. The lowest BCUT2D eigenvalue weighted by molar-refractivity contribution is 0.427. The van der Waals surface area contributed by atoms with Gasteiger partial charge in [0.2, 0.25) is 0 Å². The molecule has 0 spiro atoms. The van der Waals surface area contributed by atoms with Crippen LogP contribution in [0.1, 0.15) is 135 Å². The predicted octanol–water partition coefficient (Wildman–Crippen LogP) is 20.6. The van der Waals surface area contributed by atoms with Crippen LogP contribution < -0.4 is 9.80 Å². The van der Waals surface area contributed by atoms with Crippen molar-refractivity contribution in [1.29, 1.82) is 0 Å². The van der Waals surface area contributed by atoms with Gasteiger partial charge in [-0.05, 0) is 106 Å². The Balaban J connectivity index is 1.03. The minimum absolute atomic E-state index is 0.499. The fourth-order valence-electron chi connectivity index (χ4n) is 14.9. The number of para-hydroxylation sites is 4. The molecule has 2 aliphatic heterocycles. The number of aromatic nitrogens is 4. The largest absolute Gasteiger partial charge is 0.308 e. The van der Waals surface area contributed by atoms with Crippen molar-refractivity contribution in [3.8, 4) is 0 Å². The van der Waals surface area contributed by atoms with Gasteiger partial charge in [0, 0.05) is 10.8 Å². The summed E-state index contributed by atoms with van der Waals surface area (Å²) in [4.78, 5) is 28.2. The zero-order chi connectivity index (χ0) is 58.2. The number of pyridine rings is 2. The van der Waals surface area contributed by atoms with Crippen LogP contribution in [0.15, 0.2) is 243 Å². The molecule has 2 unspecified atom stereocenters. The fraction of sp³-hybridized carbons (Fsp3) is 0.225. The quantitative estimate of drug-likeness (QED) is 0.0798. The van der Waals surface area contributed by atoms with Crippen molar-refractivity contribution >= 4 is 67.0 Å². The maximum Gasteiger partial charge on any atom is 0.0992 e. The highest BCUT2D eigenvalue weighted by atomic mass is 15.2. The van der Waals surface area contributed by atoms with Gasteiger partial charge in [0.25, 0.3) is 0 Å². The van der Waals surface area contributed by atoms with Gasteiger partial charge in [0.05, 0.1) is 90.8 Å². The molecule has 0 bridgehead atoms. The van der Waals surface area contributed by atoms with Crippen LogP contribution in [0.5, 0.6) is 0 Å². The standard InChI is InChI=1S/C80H74N6/c1-5-9-31-55(7-3)49-69-70(50-56(8-4)32-10-6-2)84-78-64-52-62(86-73-47-29-25-43-67(73)80(59-37-19-13-20-38-59,60-39-21-14-22-40-60)68-44-26-30-48-74(68)86)54-82-76(64)75-63(77(78)83-69)51-61(53-81-75)85-71-45-27-23-41-65(71)79(57-33-15-11-16-34-57,58-35-17-12-18-36-58)66-42-24-28-46-72(66)85/h11-30,33-48,51-56H,5-10,31-32,49-50H2,1-4H3. The molecule has 6 nitrogen and oxygen atoms in total. The molecule has 0 amide bonds. The number of anilines is 6. The van der Waals surface area contributed by atoms with Crippen LogP contribution in [0.25, 0.3) is 32.8 Å². The summed E-state index contributed by atoms with van der Waals surface area (Å²) in [6.45, 7) is 9.33. The normalized spacial score (nSPS) is 14.6.